The highest BCUT2D eigenvalue weighted by Gasteiger charge is 2.30. The van der Waals surface area contributed by atoms with Gasteiger partial charge in [0, 0.05) is 54.9 Å². The zero-order valence-corrected chi connectivity index (χ0v) is 15.5. The van der Waals surface area contributed by atoms with Crippen molar-refractivity contribution in [2.45, 2.75) is 13.8 Å². The molecule has 3 heterocycles. The molecule has 1 atom stereocenters. The van der Waals surface area contributed by atoms with Crippen molar-refractivity contribution in [1.82, 2.24) is 14.8 Å². The number of hydrogen-bond donors (Lipinski definition) is 1. The first-order valence-electron chi connectivity index (χ1n) is 9.20. The molecule has 0 saturated heterocycles. The van der Waals surface area contributed by atoms with Crippen LogP contribution in [0.3, 0.4) is 0 Å². The van der Waals surface area contributed by atoms with Crippen LogP contribution in [0.25, 0.3) is 16.5 Å². The quantitative estimate of drug-likeness (QED) is 0.916. The molecule has 1 N–H and O–H groups in total. The minimum Gasteiger partial charge on any atom is -0.453 e. The zero-order valence-electron chi connectivity index (χ0n) is 15.5. The first-order valence-corrected chi connectivity index (χ1v) is 9.20. The second-order valence-electron chi connectivity index (χ2n) is 6.93. The summed E-state index contributed by atoms with van der Waals surface area (Å²) in [5.74, 6) is 1.59. The molecule has 1 aromatic carbocycles. The normalized spacial score (nSPS) is 19.7. The van der Waals surface area contributed by atoms with E-state index in [0.717, 1.165) is 59.7 Å². The number of H-pyrrole nitrogens is 1. The van der Waals surface area contributed by atoms with Crippen LogP contribution in [0.5, 0.6) is 11.5 Å². The van der Waals surface area contributed by atoms with Gasteiger partial charge < -0.3 is 24.3 Å². The van der Waals surface area contributed by atoms with Gasteiger partial charge in [-0.1, -0.05) is 6.08 Å². The lowest BCUT2D eigenvalue weighted by molar-refractivity contribution is -0.134. The number of aromatic nitrogens is 1. The Morgan fingerprint density at radius 3 is 2.92 bits per heavy atom. The van der Waals surface area contributed by atoms with Gasteiger partial charge in [-0.05, 0) is 32.5 Å². The Hall–Kier alpha value is -2.47. The van der Waals surface area contributed by atoms with Crippen LogP contribution in [0.15, 0.2) is 24.4 Å². The number of rotatable bonds is 4. The monoisotopic (exact) mass is 355 g/mol. The number of carbonyl (C=O) groups excluding carboxylic acids is 1. The first kappa shape index (κ1) is 17.0. The second-order valence-corrected chi connectivity index (χ2v) is 6.93. The van der Waals surface area contributed by atoms with Crippen molar-refractivity contribution in [3.63, 3.8) is 0 Å². The summed E-state index contributed by atoms with van der Waals surface area (Å²) in [5.41, 5.74) is 3.18. The van der Waals surface area contributed by atoms with E-state index < -0.39 is 0 Å². The molecule has 1 amide bonds. The van der Waals surface area contributed by atoms with Crippen molar-refractivity contribution in [3.8, 4) is 11.5 Å². The lowest BCUT2D eigenvalue weighted by atomic mass is 9.91. The number of hydrogen-bond acceptors (Lipinski definition) is 4. The van der Waals surface area contributed by atoms with Gasteiger partial charge in [0.1, 0.15) is 0 Å². The topological polar surface area (TPSA) is 57.8 Å². The maximum atomic E-state index is 12.9. The molecule has 0 saturated carbocycles. The third-order valence-corrected chi connectivity index (χ3v) is 5.26. The molecule has 4 rings (SSSR count). The first-order chi connectivity index (χ1) is 12.6. The lowest BCUT2D eigenvalue weighted by Crippen LogP contribution is -2.42. The van der Waals surface area contributed by atoms with Crippen molar-refractivity contribution < 1.29 is 14.3 Å². The minimum atomic E-state index is -0.143. The van der Waals surface area contributed by atoms with Gasteiger partial charge in [-0.15, -0.1) is 0 Å². The SMILES string of the molecule is CCN(CC)C(=O)C1C=C(c2c3c(cc4[nH]ccc24)OCO3)CN(C)C1. The fraction of sp³-hybridized carbons (Fsp3) is 0.450. The Morgan fingerprint density at radius 2 is 2.15 bits per heavy atom. The second kappa shape index (κ2) is 6.68. The number of fused-ring (bicyclic) bond motifs is 2. The average Bonchev–Trinajstić information content (AvgIpc) is 3.28. The lowest BCUT2D eigenvalue weighted by Gasteiger charge is -2.32. The van der Waals surface area contributed by atoms with Crippen LogP contribution in [0.2, 0.25) is 0 Å². The van der Waals surface area contributed by atoms with E-state index in [1.807, 2.05) is 31.0 Å². The highest BCUT2D eigenvalue weighted by atomic mass is 16.7. The van der Waals surface area contributed by atoms with E-state index in [1.54, 1.807) is 0 Å². The summed E-state index contributed by atoms with van der Waals surface area (Å²) in [7, 11) is 2.06. The highest BCUT2D eigenvalue weighted by molar-refractivity contribution is 5.98. The van der Waals surface area contributed by atoms with E-state index in [1.165, 1.54) is 0 Å². The molecule has 1 unspecified atom stereocenters. The third kappa shape index (κ3) is 2.74. The molecular weight excluding hydrogens is 330 g/mol. The summed E-state index contributed by atoms with van der Waals surface area (Å²) in [5, 5.41) is 1.10. The van der Waals surface area contributed by atoms with Gasteiger partial charge in [0.05, 0.1) is 5.92 Å². The molecule has 0 aliphatic carbocycles. The smallest absolute Gasteiger partial charge is 0.231 e. The summed E-state index contributed by atoms with van der Waals surface area (Å²) < 4.78 is 11.4. The van der Waals surface area contributed by atoms with Crippen molar-refractivity contribution in [1.29, 1.82) is 0 Å². The maximum Gasteiger partial charge on any atom is 0.231 e. The molecule has 138 valence electrons. The van der Waals surface area contributed by atoms with Crippen LogP contribution in [0.4, 0.5) is 0 Å². The molecule has 0 spiro atoms. The van der Waals surface area contributed by atoms with Crippen LogP contribution in [-0.2, 0) is 4.79 Å². The van der Waals surface area contributed by atoms with E-state index in [9.17, 15) is 4.79 Å². The number of carbonyl (C=O) groups is 1. The third-order valence-electron chi connectivity index (χ3n) is 5.26. The van der Waals surface area contributed by atoms with Gasteiger partial charge in [-0.2, -0.15) is 0 Å². The fourth-order valence-corrected chi connectivity index (χ4v) is 4.00. The standard InChI is InChI=1S/C20H25N3O3/c1-4-23(5-2)20(24)14-8-13(10-22(3)11-14)18-15-6-7-21-16(15)9-17-19(18)26-12-25-17/h6-9,14,21H,4-5,10-12H2,1-3H3. The largest absolute Gasteiger partial charge is 0.453 e. The molecule has 0 bridgehead atoms. The molecule has 2 aliphatic rings. The van der Waals surface area contributed by atoms with Gasteiger partial charge in [0.25, 0.3) is 0 Å². The van der Waals surface area contributed by atoms with Gasteiger partial charge in [-0.25, -0.2) is 0 Å². The summed E-state index contributed by atoms with van der Waals surface area (Å²) >= 11 is 0. The van der Waals surface area contributed by atoms with Gasteiger partial charge in [0.15, 0.2) is 11.5 Å². The predicted octanol–water partition coefficient (Wildman–Crippen LogP) is 2.71. The van der Waals surface area contributed by atoms with Crippen molar-refractivity contribution >= 4 is 22.4 Å². The maximum absolute atomic E-state index is 12.9. The van der Waals surface area contributed by atoms with Crippen LogP contribution >= 0.6 is 0 Å². The Labute approximate surface area is 153 Å². The summed E-state index contributed by atoms with van der Waals surface area (Å²) in [4.78, 5) is 20.3. The van der Waals surface area contributed by atoms with Crippen LogP contribution in [-0.4, -0.2) is 60.7 Å². The molecule has 0 radical (unpaired) electrons. The number of nitrogens with one attached hydrogen (secondary N) is 1. The Balaban J connectivity index is 1.81. The molecule has 6 nitrogen and oxygen atoms in total. The van der Waals surface area contributed by atoms with Gasteiger partial charge in [-0.3, -0.25) is 4.79 Å². The van der Waals surface area contributed by atoms with E-state index in [4.69, 9.17) is 9.47 Å². The number of amides is 1. The number of ether oxygens (including phenoxy) is 2. The number of benzene rings is 1. The number of aromatic amines is 1. The van der Waals surface area contributed by atoms with E-state index in [2.05, 4.69) is 29.1 Å². The van der Waals surface area contributed by atoms with Gasteiger partial charge in [0.2, 0.25) is 12.7 Å². The fourth-order valence-electron chi connectivity index (χ4n) is 4.00. The van der Waals surface area contributed by atoms with Crippen molar-refractivity contribution in [2.24, 2.45) is 5.92 Å². The van der Waals surface area contributed by atoms with E-state index in [0.29, 0.717) is 0 Å². The van der Waals surface area contributed by atoms with E-state index in [-0.39, 0.29) is 18.6 Å². The molecular formula is C20H25N3O3. The number of nitrogens with zero attached hydrogens (tertiary/aromatic N) is 2. The summed E-state index contributed by atoms with van der Waals surface area (Å²) in [6, 6.07) is 4.04. The van der Waals surface area contributed by atoms with Crippen molar-refractivity contribution in [2.75, 3.05) is 40.0 Å². The summed E-state index contributed by atoms with van der Waals surface area (Å²) in [6.07, 6.45) is 4.05. The highest BCUT2D eigenvalue weighted by Crippen LogP contribution is 2.45. The van der Waals surface area contributed by atoms with Crippen LogP contribution < -0.4 is 9.47 Å². The molecule has 6 heteroatoms. The summed E-state index contributed by atoms with van der Waals surface area (Å²) in [6.45, 7) is 7.27. The van der Waals surface area contributed by atoms with Crippen molar-refractivity contribution in [3.05, 3.63) is 30.0 Å². The zero-order chi connectivity index (χ0) is 18.3. The number of likely N-dealkylation sites (N-methyl/N-ethyl adjacent to an activating group) is 1. The molecule has 0 fully saturated rings. The Kier molecular flexibility index (Phi) is 4.36. The Bertz CT molecular complexity index is 867. The molecule has 2 aromatic rings. The average molecular weight is 355 g/mol. The van der Waals surface area contributed by atoms with Gasteiger partial charge >= 0.3 is 0 Å². The molecule has 2 aliphatic heterocycles. The molecule has 1 aromatic heterocycles. The molecule has 26 heavy (non-hydrogen) atoms. The van der Waals surface area contributed by atoms with E-state index >= 15 is 0 Å². The van der Waals surface area contributed by atoms with Crippen LogP contribution in [0.1, 0.15) is 19.4 Å². The minimum absolute atomic E-state index is 0.143. The van der Waals surface area contributed by atoms with Crippen LogP contribution in [0, 0.1) is 5.92 Å². The Morgan fingerprint density at radius 1 is 1.35 bits per heavy atom. The predicted molar refractivity (Wildman–Crippen MR) is 101 cm³/mol.